The van der Waals surface area contributed by atoms with Crippen LogP contribution in [0.15, 0.2) is 80.6 Å². The molecule has 0 saturated heterocycles. The van der Waals surface area contributed by atoms with Gasteiger partial charge in [-0.15, -0.1) is 0 Å². The molecule has 33 heavy (non-hydrogen) atoms. The average Bonchev–Trinajstić information content (AvgIpc) is 3.09. The van der Waals surface area contributed by atoms with Crippen LogP contribution in [-0.4, -0.2) is 44.5 Å². The van der Waals surface area contributed by atoms with E-state index in [1.165, 1.54) is 3.97 Å². The molecule has 0 saturated carbocycles. The van der Waals surface area contributed by atoms with Crippen LogP contribution in [0.3, 0.4) is 0 Å². The highest BCUT2D eigenvalue weighted by molar-refractivity contribution is 9.11. The molecule has 4 rings (SSSR count). The SMILES string of the molecule is CN(C)CCOc1c(-c2ccccc2)n(S(=O)(=O)c2ccccc2Br)c2c(Br)cc(Cl)cc12. The number of likely N-dealkylation sites (N-methyl/N-ethyl adjacent to an activating group) is 1. The Balaban J connectivity index is 2.12. The zero-order valence-corrected chi connectivity index (χ0v) is 22.7. The number of hydrogen-bond donors (Lipinski definition) is 0. The quantitative estimate of drug-likeness (QED) is 0.234. The number of ether oxygens (including phenoxy) is 1. The van der Waals surface area contributed by atoms with Crippen molar-refractivity contribution < 1.29 is 13.2 Å². The first-order chi connectivity index (χ1) is 15.7. The van der Waals surface area contributed by atoms with Crippen molar-refractivity contribution >= 4 is 64.4 Å². The summed E-state index contributed by atoms with van der Waals surface area (Å²) in [4.78, 5) is 2.16. The summed E-state index contributed by atoms with van der Waals surface area (Å²) in [6.07, 6.45) is 0. The first-order valence-electron chi connectivity index (χ1n) is 10.1. The molecule has 1 heterocycles. The third-order valence-corrected chi connectivity index (χ3v) is 8.62. The molecule has 0 radical (unpaired) electrons. The van der Waals surface area contributed by atoms with Crippen molar-refractivity contribution in [2.75, 3.05) is 27.2 Å². The largest absolute Gasteiger partial charge is 0.489 e. The number of rotatable bonds is 7. The molecule has 9 heteroatoms. The van der Waals surface area contributed by atoms with Gasteiger partial charge in [0.15, 0.2) is 5.75 Å². The van der Waals surface area contributed by atoms with Gasteiger partial charge in [0.05, 0.1) is 5.52 Å². The van der Waals surface area contributed by atoms with E-state index in [1.54, 1.807) is 36.4 Å². The van der Waals surface area contributed by atoms with Gasteiger partial charge in [0.25, 0.3) is 10.0 Å². The maximum atomic E-state index is 14.1. The number of benzene rings is 3. The van der Waals surface area contributed by atoms with Crippen molar-refractivity contribution in [1.82, 2.24) is 8.87 Å². The lowest BCUT2D eigenvalue weighted by molar-refractivity contribution is 0.264. The highest BCUT2D eigenvalue weighted by Gasteiger charge is 2.31. The van der Waals surface area contributed by atoms with Gasteiger partial charge in [-0.1, -0.05) is 54.1 Å². The van der Waals surface area contributed by atoms with Crippen LogP contribution < -0.4 is 4.74 Å². The first kappa shape index (κ1) is 24.3. The number of aromatic nitrogens is 1. The summed E-state index contributed by atoms with van der Waals surface area (Å²) >= 11 is 13.3. The summed E-state index contributed by atoms with van der Waals surface area (Å²) in [6, 6.07) is 19.6. The van der Waals surface area contributed by atoms with Gasteiger partial charge in [-0.2, -0.15) is 0 Å². The highest BCUT2D eigenvalue weighted by atomic mass is 79.9. The maximum Gasteiger partial charge on any atom is 0.270 e. The van der Waals surface area contributed by atoms with Crippen molar-refractivity contribution in [3.05, 3.63) is 80.7 Å². The predicted molar refractivity (Wildman–Crippen MR) is 141 cm³/mol. The van der Waals surface area contributed by atoms with E-state index in [-0.39, 0.29) is 4.90 Å². The molecular weight excluding hydrogens is 592 g/mol. The molecule has 0 amide bonds. The van der Waals surface area contributed by atoms with E-state index in [4.69, 9.17) is 16.3 Å². The number of fused-ring (bicyclic) bond motifs is 1. The van der Waals surface area contributed by atoms with Crippen LogP contribution in [0, 0.1) is 0 Å². The topological polar surface area (TPSA) is 51.5 Å². The van der Waals surface area contributed by atoms with Gasteiger partial charge in [0.1, 0.15) is 17.2 Å². The molecule has 1 aromatic heterocycles. The van der Waals surface area contributed by atoms with Gasteiger partial charge in [-0.3, -0.25) is 0 Å². The van der Waals surface area contributed by atoms with Crippen LogP contribution in [0.4, 0.5) is 0 Å². The van der Waals surface area contributed by atoms with E-state index < -0.39 is 10.0 Å². The van der Waals surface area contributed by atoms with Crippen LogP contribution in [-0.2, 0) is 10.0 Å². The van der Waals surface area contributed by atoms with E-state index in [0.29, 0.717) is 55.0 Å². The normalized spacial score (nSPS) is 11.9. The fraction of sp³-hybridized carbons (Fsp3) is 0.167. The number of hydrogen-bond acceptors (Lipinski definition) is 4. The summed E-state index contributed by atoms with van der Waals surface area (Å²) in [7, 11) is -0.117. The maximum absolute atomic E-state index is 14.1. The van der Waals surface area contributed by atoms with Crippen molar-refractivity contribution in [1.29, 1.82) is 0 Å². The lowest BCUT2D eigenvalue weighted by Gasteiger charge is -2.15. The zero-order chi connectivity index (χ0) is 23.8. The summed E-state index contributed by atoms with van der Waals surface area (Å²) < 4.78 is 36.9. The van der Waals surface area contributed by atoms with Crippen molar-refractivity contribution in [2.45, 2.75) is 4.90 Å². The highest BCUT2D eigenvalue weighted by Crippen LogP contribution is 2.46. The molecule has 0 unspecified atom stereocenters. The predicted octanol–water partition coefficient (Wildman–Crippen LogP) is 6.66. The minimum atomic E-state index is -4.02. The Bertz CT molecular complexity index is 1420. The second-order valence-corrected chi connectivity index (χ2v) is 11.6. The standard InChI is InChI=1S/C24H21Br2ClN2O3S/c1-28(2)12-13-32-24-18-14-17(27)15-20(26)23(18)29(22(24)16-8-4-3-5-9-16)33(30,31)21-11-7-6-10-19(21)25/h3-11,14-15H,12-13H2,1-2H3. The minimum Gasteiger partial charge on any atom is -0.489 e. The van der Waals surface area contributed by atoms with Crippen LogP contribution in [0.5, 0.6) is 5.75 Å². The Hall–Kier alpha value is -1.84. The van der Waals surface area contributed by atoms with Gasteiger partial charge < -0.3 is 9.64 Å². The molecule has 3 aromatic carbocycles. The molecule has 0 spiro atoms. The van der Waals surface area contributed by atoms with Gasteiger partial charge >= 0.3 is 0 Å². The number of nitrogens with zero attached hydrogens (tertiary/aromatic N) is 2. The molecule has 0 fully saturated rings. The van der Waals surface area contributed by atoms with Crippen LogP contribution in [0.25, 0.3) is 22.2 Å². The third kappa shape index (κ3) is 4.72. The minimum absolute atomic E-state index is 0.153. The Morgan fingerprint density at radius 1 is 0.970 bits per heavy atom. The Morgan fingerprint density at radius 2 is 1.64 bits per heavy atom. The van der Waals surface area contributed by atoms with Gasteiger partial charge in [-0.05, 0) is 70.2 Å². The van der Waals surface area contributed by atoms with E-state index >= 15 is 0 Å². The molecule has 5 nitrogen and oxygen atoms in total. The Morgan fingerprint density at radius 3 is 2.30 bits per heavy atom. The Kier molecular flexibility index (Phi) is 7.21. The van der Waals surface area contributed by atoms with Gasteiger partial charge in [0, 0.05) is 31.5 Å². The van der Waals surface area contributed by atoms with E-state index in [0.717, 1.165) is 0 Å². The molecule has 0 aliphatic carbocycles. The van der Waals surface area contributed by atoms with Crippen molar-refractivity contribution in [3.63, 3.8) is 0 Å². The molecular formula is C24H21Br2ClN2O3S. The lowest BCUT2D eigenvalue weighted by Crippen LogP contribution is -2.20. The molecule has 0 N–H and O–H groups in total. The first-order valence-corrected chi connectivity index (χ1v) is 13.5. The molecule has 0 atom stereocenters. The van der Waals surface area contributed by atoms with E-state index in [1.807, 2.05) is 49.3 Å². The second-order valence-electron chi connectivity index (χ2n) is 7.68. The van der Waals surface area contributed by atoms with Gasteiger partial charge in [0.2, 0.25) is 0 Å². The summed E-state index contributed by atoms with van der Waals surface area (Å²) in [5.74, 6) is 0.469. The summed E-state index contributed by atoms with van der Waals surface area (Å²) in [6.45, 7) is 1.05. The molecule has 0 aliphatic heterocycles. The fourth-order valence-corrected chi connectivity index (χ4v) is 7.22. The van der Waals surface area contributed by atoms with Crippen molar-refractivity contribution in [3.8, 4) is 17.0 Å². The number of halogens is 3. The summed E-state index contributed by atoms with van der Waals surface area (Å²) in [5, 5.41) is 1.09. The van der Waals surface area contributed by atoms with E-state index in [9.17, 15) is 8.42 Å². The van der Waals surface area contributed by atoms with Crippen molar-refractivity contribution in [2.24, 2.45) is 0 Å². The third-order valence-electron chi connectivity index (χ3n) is 5.08. The molecule has 172 valence electrons. The molecule has 0 aliphatic rings. The molecule has 0 bridgehead atoms. The molecule has 4 aromatic rings. The van der Waals surface area contributed by atoms with Crippen LogP contribution in [0.2, 0.25) is 5.02 Å². The summed E-state index contributed by atoms with van der Waals surface area (Å²) in [5.41, 5.74) is 1.63. The fourth-order valence-electron chi connectivity index (χ4n) is 3.59. The smallest absolute Gasteiger partial charge is 0.270 e. The second kappa shape index (κ2) is 9.80. The van der Waals surface area contributed by atoms with Crippen LogP contribution in [0.1, 0.15) is 0 Å². The monoisotopic (exact) mass is 610 g/mol. The zero-order valence-electron chi connectivity index (χ0n) is 17.9. The van der Waals surface area contributed by atoms with E-state index in [2.05, 4.69) is 31.9 Å². The Labute approximate surface area is 215 Å². The van der Waals surface area contributed by atoms with Gasteiger partial charge in [-0.25, -0.2) is 12.4 Å². The van der Waals surface area contributed by atoms with Crippen LogP contribution >= 0.6 is 43.5 Å². The lowest BCUT2D eigenvalue weighted by atomic mass is 10.1. The average molecular weight is 613 g/mol.